The molecule has 0 fully saturated rings. The first-order valence-corrected chi connectivity index (χ1v) is 6.37. The van der Waals surface area contributed by atoms with Crippen molar-refractivity contribution in [3.05, 3.63) is 29.6 Å². The van der Waals surface area contributed by atoms with Crippen LogP contribution in [0.5, 0.6) is 0 Å². The fraction of sp³-hybridized carbons (Fsp3) is 0.500. The molecule has 0 aromatic heterocycles. The van der Waals surface area contributed by atoms with E-state index in [4.69, 9.17) is 0 Å². The van der Waals surface area contributed by atoms with Gasteiger partial charge >= 0.3 is 0 Å². The lowest BCUT2D eigenvalue weighted by Crippen LogP contribution is -2.33. The zero-order chi connectivity index (χ0) is 13.5. The highest BCUT2D eigenvalue weighted by Crippen LogP contribution is 2.19. The van der Waals surface area contributed by atoms with Crippen molar-refractivity contribution in [3.8, 4) is 0 Å². The summed E-state index contributed by atoms with van der Waals surface area (Å²) >= 11 is 0. The third kappa shape index (κ3) is 3.72. The Morgan fingerprint density at radius 3 is 2.78 bits per heavy atom. The maximum Gasteiger partial charge on any atom is 0.253 e. The summed E-state index contributed by atoms with van der Waals surface area (Å²) in [6, 6.07) is 4.60. The number of anilines is 1. The zero-order valence-electron chi connectivity index (χ0n) is 11.2. The number of carbonyl (C=O) groups is 1. The lowest BCUT2D eigenvalue weighted by Gasteiger charge is -2.15. The summed E-state index contributed by atoms with van der Waals surface area (Å²) in [6.45, 7) is 4.08. The van der Waals surface area contributed by atoms with E-state index in [9.17, 15) is 9.18 Å². The van der Waals surface area contributed by atoms with Crippen LogP contribution in [0, 0.1) is 5.82 Å². The number of para-hydroxylation sites is 1. The van der Waals surface area contributed by atoms with Crippen LogP contribution < -0.4 is 10.6 Å². The summed E-state index contributed by atoms with van der Waals surface area (Å²) in [7, 11) is 1.61. The first-order valence-electron chi connectivity index (χ1n) is 6.37. The molecule has 0 saturated carbocycles. The number of halogens is 1. The molecule has 4 heteroatoms. The van der Waals surface area contributed by atoms with E-state index in [0.717, 1.165) is 19.3 Å². The smallest absolute Gasteiger partial charge is 0.253 e. The minimum atomic E-state index is -0.411. The number of benzene rings is 1. The van der Waals surface area contributed by atoms with E-state index in [0.29, 0.717) is 5.56 Å². The van der Waals surface area contributed by atoms with Crippen LogP contribution in [0.25, 0.3) is 0 Å². The van der Waals surface area contributed by atoms with Crippen LogP contribution in [0.3, 0.4) is 0 Å². The highest BCUT2D eigenvalue weighted by Gasteiger charge is 2.15. The van der Waals surface area contributed by atoms with Crippen molar-refractivity contribution in [2.24, 2.45) is 0 Å². The molecule has 0 aliphatic heterocycles. The van der Waals surface area contributed by atoms with Crippen LogP contribution in [0.1, 0.15) is 43.5 Å². The second kappa shape index (κ2) is 6.99. The number of hydrogen-bond donors (Lipinski definition) is 2. The molecule has 0 spiro atoms. The summed E-state index contributed by atoms with van der Waals surface area (Å²) in [5.74, 6) is -0.645. The number of amides is 1. The van der Waals surface area contributed by atoms with Crippen molar-refractivity contribution in [2.75, 3.05) is 12.4 Å². The molecule has 0 heterocycles. The van der Waals surface area contributed by atoms with Crippen LogP contribution in [-0.4, -0.2) is 19.0 Å². The quantitative estimate of drug-likeness (QED) is 0.816. The van der Waals surface area contributed by atoms with Gasteiger partial charge in [0.2, 0.25) is 0 Å². The third-order valence-corrected chi connectivity index (χ3v) is 2.88. The minimum Gasteiger partial charge on any atom is -0.385 e. The Bertz CT molecular complexity index is 407. The van der Waals surface area contributed by atoms with Crippen LogP contribution in [0.15, 0.2) is 18.2 Å². The van der Waals surface area contributed by atoms with E-state index >= 15 is 0 Å². The van der Waals surface area contributed by atoms with Gasteiger partial charge < -0.3 is 10.6 Å². The number of carbonyl (C=O) groups excluding carboxylic acids is 1. The topological polar surface area (TPSA) is 41.1 Å². The van der Waals surface area contributed by atoms with Gasteiger partial charge in [0.25, 0.3) is 5.91 Å². The molecule has 2 N–H and O–H groups in total. The molecule has 1 aromatic rings. The highest BCUT2D eigenvalue weighted by atomic mass is 19.1. The molecule has 18 heavy (non-hydrogen) atoms. The highest BCUT2D eigenvalue weighted by molar-refractivity contribution is 5.99. The lowest BCUT2D eigenvalue weighted by molar-refractivity contribution is 0.0938. The number of unbranched alkanes of at least 4 members (excludes halogenated alkanes) is 1. The molecule has 0 radical (unpaired) electrons. The summed E-state index contributed by atoms with van der Waals surface area (Å²) in [4.78, 5) is 12.0. The molecule has 0 saturated heterocycles. The number of hydrogen-bond acceptors (Lipinski definition) is 2. The second-order valence-corrected chi connectivity index (χ2v) is 4.43. The molecule has 1 aromatic carbocycles. The predicted molar refractivity (Wildman–Crippen MR) is 72.4 cm³/mol. The predicted octanol–water partition coefficient (Wildman–Crippen LogP) is 3.18. The maximum atomic E-state index is 13.5. The van der Waals surface area contributed by atoms with Gasteiger partial charge in [-0.05, 0) is 25.5 Å². The van der Waals surface area contributed by atoms with Crippen molar-refractivity contribution in [1.82, 2.24) is 5.32 Å². The molecular weight excluding hydrogens is 231 g/mol. The molecule has 0 bridgehead atoms. The molecule has 1 amide bonds. The van der Waals surface area contributed by atoms with Gasteiger partial charge in [0.1, 0.15) is 5.82 Å². The van der Waals surface area contributed by atoms with Crippen molar-refractivity contribution < 1.29 is 9.18 Å². The van der Waals surface area contributed by atoms with E-state index < -0.39 is 5.82 Å². The summed E-state index contributed by atoms with van der Waals surface area (Å²) in [5.41, 5.74) is 0.596. The van der Waals surface area contributed by atoms with Gasteiger partial charge in [0.15, 0.2) is 0 Å². The monoisotopic (exact) mass is 252 g/mol. The SMILES string of the molecule is CCCCC(C)NC(=O)c1cccc(F)c1NC. The fourth-order valence-electron chi connectivity index (χ4n) is 1.85. The zero-order valence-corrected chi connectivity index (χ0v) is 11.2. The van der Waals surface area contributed by atoms with E-state index in [1.807, 2.05) is 6.92 Å². The van der Waals surface area contributed by atoms with E-state index in [1.165, 1.54) is 6.07 Å². The Hall–Kier alpha value is -1.58. The molecule has 1 unspecified atom stereocenters. The van der Waals surface area contributed by atoms with Gasteiger partial charge in [-0.1, -0.05) is 25.8 Å². The summed E-state index contributed by atoms with van der Waals surface area (Å²) < 4.78 is 13.5. The Labute approximate surface area is 108 Å². The summed E-state index contributed by atoms with van der Waals surface area (Å²) in [6.07, 6.45) is 3.11. The van der Waals surface area contributed by atoms with Crippen LogP contribution in [0.2, 0.25) is 0 Å². The average molecular weight is 252 g/mol. The average Bonchev–Trinajstić information content (AvgIpc) is 2.35. The van der Waals surface area contributed by atoms with Crippen LogP contribution in [-0.2, 0) is 0 Å². The number of rotatable bonds is 6. The Kier molecular flexibility index (Phi) is 5.62. The molecule has 0 aliphatic carbocycles. The van der Waals surface area contributed by atoms with Crippen LogP contribution in [0.4, 0.5) is 10.1 Å². The van der Waals surface area contributed by atoms with Gasteiger partial charge in [-0.3, -0.25) is 4.79 Å². The Balaban J connectivity index is 2.75. The van der Waals surface area contributed by atoms with E-state index in [2.05, 4.69) is 17.6 Å². The number of nitrogens with one attached hydrogen (secondary N) is 2. The Morgan fingerprint density at radius 2 is 2.17 bits per heavy atom. The standard InChI is InChI=1S/C14H21FN2O/c1-4-5-7-10(2)17-14(18)11-8-6-9-12(15)13(11)16-3/h6,8-10,16H,4-5,7H2,1-3H3,(H,17,18). The van der Waals surface area contributed by atoms with Crippen molar-refractivity contribution in [3.63, 3.8) is 0 Å². The molecular formula is C14H21FN2O. The van der Waals surface area contributed by atoms with Crippen molar-refractivity contribution in [1.29, 1.82) is 0 Å². The molecule has 1 atom stereocenters. The normalized spacial score (nSPS) is 12.0. The van der Waals surface area contributed by atoms with Gasteiger partial charge in [-0.15, -0.1) is 0 Å². The molecule has 0 aliphatic rings. The van der Waals surface area contributed by atoms with E-state index in [1.54, 1.807) is 19.2 Å². The molecule has 3 nitrogen and oxygen atoms in total. The maximum absolute atomic E-state index is 13.5. The van der Waals surface area contributed by atoms with Gasteiger partial charge in [-0.25, -0.2) is 4.39 Å². The first kappa shape index (κ1) is 14.5. The Morgan fingerprint density at radius 1 is 1.44 bits per heavy atom. The minimum absolute atomic E-state index is 0.102. The van der Waals surface area contributed by atoms with Crippen molar-refractivity contribution >= 4 is 11.6 Å². The largest absolute Gasteiger partial charge is 0.385 e. The van der Waals surface area contributed by atoms with Crippen LogP contribution >= 0.6 is 0 Å². The third-order valence-electron chi connectivity index (χ3n) is 2.88. The lowest BCUT2D eigenvalue weighted by atomic mass is 10.1. The molecule has 100 valence electrons. The van der Waals surface area contributed by atoms with Gasteiger partial charge in [0, 0.05) is 13.1 Å². The van der Waals surface area contributed by atoms with Crippen molar-refractivity contribution in [2.45, 2.75) is 39.2 Å². The second-order valence-electron chi connectivity index (χ2n) is 4.43. The molecule has 1 rings (SSSR count). The van der Waals surface area contributed by atoms with Gasteiger partial charge in [-0.2, -0.15) is 0 Å². The van der Waals surface area contributed by atoms with Gasteiger partial charge in [0.05, 0.1) is 11.3 Å². The fourth-order valence-corrected chi connectivity index (χ4v) is 1.85. The first-order chi connectivity index (χ1) is 8.60. The summed E-state index contributed by atoms with van der Waals surface area (Å²) in [5, 5.41) is 5.61. The van der Waals surface area contributed by atoms with E-state index in [-0.39, 0.29) is 17.6 Å².